The van der Waals surface area contributed by atoms with Crippen molar-refractivity contribution in [3.63, 3.8) is 0 Å². The Morgan fingerprint density at radius 3 is 2.21 bits per heavy atom. The summed E-state index contributed by atoms with van der Waals surface area (Å²) in [5, 5.41) is 5.35. The summed E-state index contributed by atoms with van der Waals surface area (Å²) in [7, 11) is 1.07. The van der Waals surface area contributed by atoms with Gasteiger partial charge in [0.25, 0.3) is 0 Å². The van der Waals surface area contributed by atoms with E-state index in [9.17, 15) is 31.1 Å². The van der Waals surface area contributed by atoms with Gasteiger partial charge in [-0.05, 0) is 30.8 Å². The average molecular weight is 482 g/mol. The van der Waals surface area contributed by atoms with E-state index in [1.165, 1.54) is 6.92 Å². The topological polar surface area (TPSA) is 56.1 Å². The van der Waals surface area contributed by atoms with E-state index in [-0.39, 0.29) is 17.2 Å². The summed E-state index contributed by atoms with van der Waals surface area (Å²) in [6, 6.07) is 1.14. The normalized spacial score (nSPS) is 12.2. The smallest absolute Gasteiger partial charge is 0.446 e. The molecule has 0 saturated carbocycles. The molecule has 0 aliphatic carbocycles. The molecule has 1 aromatic heterocycles. The van der Waals surface area contributed by atoms with Crippen LogP contribution in [0.15, 0.2) is 17.0 Å². The molecular formula is C15H11Cl2F6N3O2S. The molecule has 0 aliphatic rings. The molecule has 0 atom stereocenters. The van der Waals surface area contributed by atoms with Crippen LogP contribution in [0.5, 0.6) is 0 Å². The van der Waals surface area contributed by atoms with Gasteiger partial charge in [0, 0.05) is 0 Å². The number of nitrogens with zero attached hydrogens (tertiary/aromatic N) is 2. The van der Waals surface area contributed by atoms with Gasteiger partial charge >= 0.3 is 17.7 Å². The number of hydrogen-bond acceptors (Lipinski definition) is 5. The molecule has 0 fully saturated rings. The fourth-order valence-corrected chi connectivity index (χ4v) is 3.55. The van der Waals surface area contributed by atoms with Crippen molar-refractivity contribution < 1.29 is 35.9 Å². The molecule has 0 spiro atoms. The Bertz CT molecular complexity index is 907. The number of ether oxygens (including phenoxy) is 1. The Kier molecular flexibility index (Phi) is 6.90. The molecule has 1 N–H and O–H groups in total. The van der Waals surface area contributed by atoms with Crippen LogP contribution in [-0.2, 0) is 15.7 Å². The minimum absolute atomic E-state index is 0.119. The van der Waals surface area contributed by atoms with Crippen molar-refractivity contribution in [1.29, 1.82) is 0 Å². The van der Waals surface area contributed by atoms with Gasteiger partial charge in [-0.1, -0.05) is 23.2 Å². The number of nitrogens with one attached hydrogen (secondary N) is 1. The number of rotatable bonds is 5. The average Bonchev–Trinajstić information content (AvgIpc) is 2.85. The number of carbonyl (C=O) groups is 1. The Labute approximate surface area is 174 Å². The number of aromatic nitrogens is 2. The van der Waals surface area contributed by atoms with E-state index in [4.69, 9.17) is 23.2 Å². The van der Waals surface area contributed by atoms with Crippen molar-refractivity contribution >= 4 is 46.8 Å². The fraction of sp³-hybridized carbons (Fsp3) is 0.333. The number of carbonyl (C=O) groups excluding carboxylic acids is 1. The molecule has 0 bridgehead atoms. The third-order valence-electron chi connectivity index (χ3n) is 3.41. The summed E-state index contributed by atoms with van der Waals surface area (Å²) < 4.78 is 82.9. The van der Waals surface area contributed by atoms with Gasteiger partial charge < -0.3 is 10.1 Å². The maximum Gasteiger partial charge on any atom is 0.446 e. The zero-order chi connectivity index (χ0) is 22.1. The summed E-state index contributed by atoms with van der Waals surface area (Å²) in [5.74, 6) is -1.14. The molecule has 0 saturated heterocycles. The quantitative estimate of drug-likeness (QED) is 0.337. The highest BCUT2D eigenvalue weighted by atomic mass is 35.5. The highest BCUT2D eigenvalue weighted by Gasteiger charge is 2.35. The molecular weight excluding hydrogens is 471 g/mol. The van der Waals surface area contributed by atoms with Crippen LogP contribution in [0.25, 0.3) is 5.69 Å². The first-order valence-corrected chi connectivity index (χ1v) is 9.04. The number of benzene rings is 1. The molecule has 0 unspecified atom stereocenters. The van der Waals surface area contributed by atoms with Gasteiger partial charge in [0.2, 0.25) is 0 Å². The molecule has 5 nitrogen and oxygen atoms in total. The molecule has 14 heteroatoms. The van der Waals surface area contributed by atoms with Gasteiger partial charge in [0.1, 0.15) is 18.1 Å². The maximum atomic E-state index is 13.0. The minimum atomic E-state index is -4.74. The zero-order valence-electron chi connectivity index (χ0n) is 14.5. The van der Waals surface area contributed by atoms with E-state index < -0.39 is 56.5 Å². The van der Waals surface area contributed by atoms with Gasteiger partial charge in [-0.3, -0.25) is 4.79 Å². The summed E-state index contributed by atoms with van der Waals surface area (Å²) in [6.07, 6.45) is -4.74. The first kappa shape index (κ1) is 23.5. The number of hydrogen-bond donors (Lipinski definition) is 1. The van der Waals surface area contributed by atoms with Crippen LogP contribution in [-0.4, -0.2) is 34.9 Å². The number of methoxy groups -OCH3 is 1. The molecule has 1 aromatic carbocycles. The highest BCUT2D eigenvalue weighted by molar-refractivity contribution is 8.00. The maximum absolute atomic E-state index is 13.0. The lowest BCUT2D eigenvalue weighted by Gasteiger charge is -2.16. The van der Waals surface area contributed by atoms with Crippen LogP contribution in [0.1, 0.15) is 11.3 Å². The fourth-order valence-electron chi connectivity index (χ4n) is 2.23. The second-order valence-corrected chi connectivity index (χ2v) is 7.33. The van der Waals surface area contributed by atoms with Crippen LogP contribution in [0, 0.1) is 6.92 Å². The molecule has 29 heavy (non-hydrogen) atoms. The molecule has 2 rings (SSSR count). The zero-order valence-corrected chi connectivity index (χ0v) is 16.8. The molecule has 0 radical (unpaired) electrons. The first-order valence-electron chi connectivity index (χ1n) is 7.47. The van der Waals surface area contributed by atoms with E-state index in [2.05, 4.69) is 15.2 Å². The molecule has 2 aromatic rings. The second-order valence-electron chi connectivity index (χ2n) is 5.44. The van der Waals surface area contributed by atoms with E-state index in [0.29, 0.717) is 12.1 Å². The summed E-state index contributed by atoms with van der Waals surface area (Å²) in [6.45, 7) is 0.711. The predicted octanol–water partition coefficient (Wildman–Crippen LogP) is 5.70. The third-order valence-corrected chi connectivity index (χ3v) is 4.91. The van der Waals surface area contributed by atoms with Crippen molar-refractivity contribution in [3.8, 4) is 5.69 Å². The van der Waals surface area contributed by atoms with E-state index in [1.807, 2.05) is 0 Å². The highest BCUT2D eigenvalue weighted by Crippen LogP contribution is 2.45. The van der Waals surface area contributed by atoms with E-state index in [0.717, 1.165) is 11.8 Å². The summed E-state index contributed by atoms with van der Waals surface area (Å²) >= 11 is 11.4. The molecule has 0 aliphatic heterocycles. The molecule has 1 heterocycles. The number of aryl methyl sites for hydroxylation is 1. The van der Waals surface area contributed by atoms with Crippen LogP contribution in [0.3, 0.4) is 0 Å². The largest absolute Gasteiger partial charge is 0.468 e. The summed E-state index contributed by atoms with van der Waals surface area (Å²) in [4.78, 5) is 11.0. The third kappa shape index (κ3) is 5.64. The minimum Gasteiger partial charge on any atom is -0.468 e. The molecule has 160 valence electrons. The Morgan fingerprint density at radius 2 is 1.76 bits per heavy atom. The van der Waals surface area contributed by atoms with Gasteiger partial charge in [0.15, 0.2) is 0 Å². The molecule has 0 amide bonds. The van der Waals surface area contributed by atoms with Gasteiger partial charge in [-0.2, -0.15) is 31.4 Å². The Hall–Kier alpha value is -1.79. The number of anilines is 1. The number of esters is 1. The van der Waals surface area contributed by atoms with Crippen LogP contribution < -0.4 is 5.32 Å². The van der Waals surface area contributed by atoms with Crippen molar-refractivity contribution in [2.75, 3.05) is 19.0 Å². The van der Waals surface area contributed by atoms with Crippen molar-refractivity contribution in [2.24, 2.45) is 0 Å². The van der Waals surface area contributed by atoms with Crippen molar-refractivity contribution in [2.45, 2.75) is 23.5 Å². The monoisotopic (exact) mass is 481 g/mol. The van der Waals surface area contributed by atoms with Crippen molar-refractivity contribution in [1.82, 2.24) is 9.78 Å². The van der Waals surface area contributed by atoms with Crippen molar-refractivity contribution in [3.05, 3.63) is 33.4 Å². The lowest BCUT2D eigenvalue weighted by molar-refractivity contribution is -0.139. The van der Waals surface area contributed by atoms with Gasteiger partial charge in [-0.25, -0.2) is 4.68 Å². The number of halogens is 8. The number of alkyl halides is 6. The first-order chi connectivity index (χ1) is 13.2. The standard InChI is InChI=1S/C15H11Cl2F6N3O2S/c1-6-12(29-15(21,22)23)13(24-5-10(27)28-2)26(25-6)11-8(16)3-7(4-9(11)17)14(18,19)20/h3-4,24H,5H2,1-2H3. The Morgan fingerprint density at radius 1 is 1.21 bits per heavy atom. The predicted molar refractivity (Wildman–Crippen MR) is 95.7 cm³/mol. The van der Waals surface area contributed by atoms with Crippen LogP contribution >= 0.6 is 35.0 Å². The number of thioether (sulfide) groups is 1. The van der Waals surface area contributed by atoms with E-state index >= 15 is 0 Å². The summed E-state index contributed by atoms with van der Waals surface area (Å²) in [5.41, 5.74) is -6.25. The van der Waals surface area contributed by atoms with E-state index in [1.54, 1.807) is 0 Å². The van der Waals surface area contributed by atoms with Crippen LogP contribution in [0.4, 0.5) is 32.2 Å². The lowest BCUT2D eigenvalue weighted by atomic mass is 10.2. The lowest BCUT2D eigenvalue weighted by Crippen LogP contribution is -2.18. The van der Waals surface area contributed by atoms with Gasteiger partial charge in [0.05, 0.1) is 33.3 Å². The SMILES string of the molecule is COC(=O)CNc1c(SC(F)(F)F)c(C)nn1-c1c(Cl)cc(C(F)(F)F)cc1Cl. The second kappa shape index (κ2) is 8.52. The van der Waals surface area contributed by atoms with Crippen LogP contribution in [0.2, 0.25) is 10.0 Å². The Balaban J connectivity index is 2.66. The van der Waals surface area contributed by atoms with Gasteiger partial charge in [-0.15, -0.1) is 0 Å².